The summed E-state index contributed by atoms with van der Waals surface area (Å²) in [6.45, 7) is 4.81. The van der Waals surface area contributed by atoms with Crippen molar-refractivity contribution in [2.75, 3.05) is 6.54 Å². The van der Waals surface area contributed by atoms with Crippen LogP contribution in [-0.4, -0.2) is 30.8 Å². The predicted octanol–water partition coefficient (Wildman–Crippen LogP) is 1.12. The van der Waals surface area contributed by atoms with Gasteiger partial charge in [-0.25, -0.2) is 13.1 Å². The van der Waals surface area contributed by atoms with Crippen molar-refractivity contribution >= 4 is 21.4 Å². The molecular formula is C13H20N4O2S2. The third kappa shape index (κ3) is 4.37. The van der Waals surface area contributed by atoms with Crippen molar-refractivity contribution in [3.8, 4) is 0 Å². The van der Waals surface area contributed by atoms with Gasteiger partial charge < -0.3 is 5.73 Å². The number of hydrogen-bond acceptors (Lipinski definition) is 5. The van der Waals surface area contributed by atoms with Crippen LogP contribution in [0.25, 0.3) is 0 Å². The Bertz CT molecular complexity index is 691. The van der Waals surface area contributed by atoms with Gasteiger partial charge in [0.25, 0.3) is 0 Å². The second-order valence-electron chi connectivity index (χ2n) is 4.97. The van der Waals surface area contributed by atoms with Crippen LogP contribution in [0.5, 0.6) is 0 Å². The van der Waals surface area contributed by atoms with Gasteiger partial charge in [0, 0.05) is 28.5 Å². The molecule has 116 valence electrons. The molecule has 0 spiro atoms. The van der Waals surface area contributed by atoms with E-state index in [1.807, 2.05) is 26.0 Å². The molecule has 2 aromatic rings. The number of aryl methyl sites for hydroxylation is 1. The average Bonchev–Trinajstić information content (AvgIpc) is 2.99. The second-order valence-corrected chi connectivity index (χ2v) is 8.05. The van der Waals surface area contributed by atoms with Gasteiger partial charge in [-0.15, -0.1) is 11.3 Å². The first-order chi connectivity index (χ1) is 9.90. The molecule has 8 heteroatoms. The zero-order valence-electron chi connectivity index (χ0n) is 12.1. The number of rotatable bonds is 7. The van der Waals surface area contributed by atoms with Crippen molar-refractivity contribution < 1.29 is 8.42 Å². The molecule has 0 radical (unpaired) electrons. The summed E-state index contributed by atoms with van der Waals surface area (Å²) in [5, 5.41) is 3.99. The molecule has 21 heavy (non-hydrogen) atoms. The van der Waals surface area contributed by atoms with E-state index in [4.69, 9.17) is 5.73 Å². The van der Waals surface area contributed by atoms with Gasteiger partial charge in [0.05, 0.1) is 12.7 Å². The first kappa shape index (κ1) is 16.2. The summed E-state index contributed by atoms with van der Waals surface area (Å²) < 4.78 is 28.7. The Hall–Kier alpha value is -1.22. The standard InChI is InChI=1S/C13H20N4O2S2/c1-10(7-12-4-3-11(2)20-12)16-21(18,19)13-8-15-17(9-13)6-5-14/h3-4,8-10,16H,5-7,14H2,1-2H3. The zero-order chi connectivity index (χ0) is 15.5. The minimum atomic E-state index is -3.54. The summed E-state index contributed by atoms with van der Waals surface area (Å²) in [5.41, 5.74) is 5.42. The molecule has 0 aliphatic rings. The SMILES string of the molecule is Cc1ccc(CC(C)NS(=O)(=O)c2cnn(CCN)c2)s1. The predicted molar refractivity (Wildman–Crippen MR) is 83.8 cm³/mol. The maximum absolute atomic E-state index is 12.3. The maximum atomic E-state index is 12.3. The van der Waals surface area contributed by atoms with Gasteiger partial charge in [0.15, 0.2) is 0 Å². The third-order valence-electron chi connectivity index (χ3n) is 2.94. The smallest absolute Gasteiger partial charge is 0.243 e. The molecule has 1 unspecified atom stereocenters. The molecule has 2 rings (SSSR count). The molecule has 0 fully saturated rings. The van der Waals surface area contributed by atoms with E-state index >= 15 is 0 Å². The lowest BCUT2D eigenvalue weighted by molar-refractivity contribution is 0.560. The van der Waals surface area contributed by atoms with Gasteiger partial charge in [0.2, 0.25) is 10.0 Å². The molecule has 0 aliphatic heterocycles. The lowest BCUT2D eigenvalue weighted by Crippen LogP contribution is -2.33. The number of nitrogens with one attached hydrogen (secondary N) is 1. The van der Waals surface area contributed by atoms with E-state index in [2.05, 4.69) is 9.82 Å². The van der Waals surface area contributed by atoms with Crippen molar-refractivity contribution in [1.82, 2.24) is 14.5 Å². The fourth-order valence-electron chi connectivity index (χ4n) is 2.01. The van der Waals surface area contributed by atoms with Crippen molar-refractivity contribution in [3.63, 3.8) is 0 Å². The van der Waals surface area contributed by atoms with Gasteiger partial charge in [-0.3, -0.25) is 4.68 Å². The Morgan fingerprint density at radius 1 is 1.48 bits per heavy atom. The monoisotopic (exact) mass is 328 g/mol. The second kappa shape index (κ2) is 6.69. The fraction of sp³-hybridized carbons (Fsp3) is 0.462. The van der Waals surface area contributed by atoms with Crippen LogP contribution in [0.1, 0.15) is 16.7 Å². The average molecular weight is 328 g/mol. The van der Waals surface area contributed by atoms with Crippen LogP contribution < -0.4 is 10.5 Å². The summed E-state index contributed by atoms with van der Waals surface area (Å²) in [6, 6.07) is 3.90. The van der Waals surface area contributed by atoms with Crippen molar-refractivity contribution in [2.24, 2.45) is 5.73 Å². The van der Waals surface area contributed by atoms with Crippen LogP contribution in [0.15, 0.2) is 29.4 Å². The minimum Gasteiger partial charge on any atom is -0.329 e. The van der Waals surface area contributed by atoms with E-state index in [0.29, 0.717) is 19.5 Å². The van der Waals surface area contributed by atoms with Crippen molar-refractivity contribution in [3.05, 3.63) is 34.3 Å². The summed E-state index contributed by atoms with van der Waals surface area (Å²) in [5.74, 6) is 0. The largest absolute Gasteiger partial charge is 0.329 e. The van der Waals surface area contributed by atoms with Crippen molar-refractivity contribution in [1.29, 1.82) is 0 Å². The minimum absolute atomic E-state index is 0.171. The van der Waals surface area contributed by atoms with Gasteiger partial charge in [-0.2, -0.15) is 5.10 Å². The molecule has 0 saturated heterocycles. The van der Waals surface area contributed by atoms with Gasteiger partial charge in [-0.1, -0.05) is 0 Å². The molecule has 2 aromatic heterocycles. The van der Waals surface area contributed by atoms with Crippen LogP contribution in [0, 0.1) is 6.92 Å². The first-order valence-electron chi connectivity index (χ1n) is 6.71. The van der Waals surface area contributed by atoms with E-state index in [1.54, 1.807) is 11.3 Å². The van der Waals surface area contributed by atoms with Crippen LogP contribution in [0.4, 0.5) is 0 Å². The highest BCUT2D eigenvalue weighted by atomic mass is 32.2. The van der Waals surface area contributed by atoms with E-state index in [0.717, 1.165) is 0 Å². The number of thiophene rings is 1. The highest BCUT2D eigenvalue weighted by Crippen LogP contribution is 2.17. The highest BCUT2D eigenvalue weighted by molar-refractivity contribution is 7.89. The lowest BCUT2D eigenvalue weighted by Gasteiger charge is -2.12. The summed E-state index contributed by atoms with van der Waals surface area (Å²) in [6.07, 6.45) is 3.52. The summed E-state index contributed by atoms with van der Waals surface area (Å²) >= 11 is 1.68. The molecule has 2 heterocycles. The molecule has 1 atom stereocenters. The Balaban J connectivity index is 2.02. The maximum Gasteiger partial charge on any atom is 0.243 e. The Morgan fingerprint density at radius 3 is 2.86 bits per heavy atom. The van der Waals surface area contributed by atoms with E-state index < -0.39 is 10.0 Å². The molecule has 0 aliphatic carbocycles. The van der Waals surface area contributed by atoms with E-state index in [9.17, 15) is 8.42 Å². The van der Waals surface area contributed by atoms with Crippen LogP contribution in [-0.2, 0) is 23.0 Å². The zero-order valence-corrected chi connectivity index (χ0v) is 13.7. The van der Waals surface area contributed by atoms with Gasteiger partial charge >= 0.3 is 0 Å². The molecular weight excluding hydrogens is 308 g/mol. The molecule has 0 aromatic carbocycles. The Kier molecular flexibility index (Phi) is 5.15. The number of nitrogens with two attached hydrogens (primary N) is 1. The molecule has 3 N–H and O–H groups in total. The van der Waals surface area contributed by atoms with Crippen LogP contribution in [0.2, 0.25) is 0 Å². The molecule has 6 nitrogen and oxygen atoms in total. The highest BCUT2D eigenvalue weighted by Gasteiger charge is 2.19. The Labute approximate surface area is 129 Å². The lowest BCUT2D eigenvalue weighted by atomic mass is 10.2. The van der Waals surface area contributed by atoms with Gasteiger partial charge in [0.1, 0.15) is 4.90 Å². The Morgan fingerprint density at radius 2 is 2.24 bits per heavy atom. The summed E-state index contributed by atoms with van der Waals surface area (Å²) in [4.78, 5) is 2.56. The van der Waals surface area contributed by atoms with Crippen LogP contribution >= 0.6 is 11.3 Å². The van der Waals surface area contributed by atoms with Crippen molar-refractivity contribution in [2.45, 2.75) is 37.8 Å². The normalized spacial score (nSPS) is 13.5. The quantitative estimate of drug-likeness (QED) is 0.797. The summed E-state index contributed by atoms with van der Waals surface area (Å²) in [7, 11) is -3.54. The fourth-order valence-corrected chi connectivity index (χ4v) is 4.22. The number of aromatic nitrogens is 2. The third-order valence-corrected chi connectivity index (χ3v) is 5.50. The number of nitrogens with zero attached hydrogens (tertiary/aromatic N) is 2. The molecule has 0 saturated carbocycles. The number of sulfonamides is 1. The number of hydrogen-bond donors (Lipinski definition) is 2. The molecule has 0 amide bonds. The molecule has 0 bridgehead atoms. The van der Waals surface area contributed by atoms with Crippen LogP contribution in [0.3, 0.4) is 0 Å². The van der Waals surface area contributed by atoms with Gasteiger partial charge in [-0.05, 0) is 32.4 Å². The van der Waals surface area contributed by atoms with E-state index in [1.165, 1.54) is 26.8 Å². The topological polar surface area (TPSA) is 90.0 Å². The van der Waals surface area contributed by atoms with E-state index in [-0.39, 0.29) is 10.9 Å². The first-order valence-corrected chi connectivity index (χ1v) is 9.01.